The van der Waals surface area contributed by atoms with Gasteiger partial charge in [-0.25, -0.2) is 0 Å². The molecule has 0 atom stereocenters. The minimum absolute atomic E-state index is 0.125. The first-order chi connectivity index (χ1) is 31.4. The van der Waals surface area contributed by atoms with Crippen LogP contribution in [0.4, 0.5) is 13.2 Å². The van der Waals surface area contributed by atoms with E-state index in [0.29, 0.717) is 27.8 Å². The third kappa shape index (κ3) is 4.78. The summed E-state index contributed by atoms with van der Waals surface area (Å²) in [5, 5.41) is 18.7. The summed E-state index contributed by atoms with van der Waals surface area (Å²) in [6.07, 6.45) is -5.03. The zero-order chi connectivity index (χ0) is 42.8. The van der Waals surface area contributed by atoms with E-state index in [1.165, 1.54) is 0 Å². The van der Waals surface area contributed by atoms with E-state index in [1.54, 1.807) is 4.57 Å². The smallest absolute Gasteiger partial charge is 0.306 e. The lowest BCUT2D eigenvalue weighted by Gasteiger charge is -2.29. The minimum Gasteiger partial charge on any atom is -0.306 e. The first kappa shape index (κ1) is 36.1. The summed E-state index contributed by atoms with van der Waals surface area (Å²) in [5.41, 5.74) is 4.69. The van der Waals surface area contributed by atoms with Crippen molar-refractivity contribution in [2.75, 3.05) is 0 Å². The molecule has 13 rings (SSSR count). The summed E-state index contributed by atoms with van der Waals surface area (Å²) in [7, 11) is 0. The molecule has 4 aromatic heterocycles. The van der Waals surface area contributed by atoms with Crippen LogP contribution in [0.25, 0.3) is 110 Å². The highest BCUT2D eigenvalue weighted by molar-refractivity contribution is 6.16. The molecule has 0 radical (unpaired) electrons. The van der Waals surface area contributed by atoms with Gasteiger partial charge in [0, 0.05) is 43.1 Å². The molecule has 0 spiro atoms. The van der Waals surface area contributed by atoms with Crippen molar-refractivity contribution in [2.24, 2.45) is 0 Å². The minimum atomic E-state index is -5.03. The zero-order valence-electron chi connectivity index (χ0n) is 33.8. The molecule has 0 aliphatic carbocycles. The lowest BCUT2D eigenvalue weighted by Crippen LogP contribution is -2.22. The number of alkyl halides is 3. The average molecular weight is 832 g/mol. The van der Waals surface area contributed by atoms with Crippen LogP contribution in [-0.4, -0.2) is 18.3 Å². The van der Waals surface area contributed by atoms with Crippen LogP contribution < -0.4 is 0 Å². The Morgan fingerprint density at radius 2 is 0.500 bits per heavy atom. The highest BCUT2D eigenvalue weighted by Crippen LogP contribution is 2.52. The second-order valence-electron chi connectivity index (χ2n) is 16.2. The molecule has 0 unspecified atom stereocenters. The van der Waals surface area contributed by atoms with Crippen LogP contribution in [0.1, 0.15) is 11.1 Å². The molecule has 0 bridgehead atoms. The molecule has 0 aliphatic heterocycles. The lowest BCUT2D eigenvalue weighted by atomic mass is 9.97. The number of aromatic nitrogens is 4. The molecule has 0 saturated heterocycles. The van der Waals surface area contributed by atoms with Crippen LogP contribution in [0.3, 0.4) is 0 Å². The van der Waals surface area contributed by atoms with E-state index in [9.17, 15) is 5.26 Å². The van der Waals surface area contributed by atoms with E-state index < -0.39 is 17.3 Å². The number of nitrogens with zero attached hydrogens (tertiary/aromatic N) is 5. The first-order valence-corrected chi connectivity index (χ1v) is 21.1. The summed E-state index contributed by atoms with van der Waals surface area (Å²) in [6.45, 7) is 0. The van der Waals surface area contributed by atoms with Gasteiger partial charge in [-0.05, 0) is 48.5 Å². The fraction of sp³-hybridized carbons (Fsp3) is 0.0179. The molecule has 5 nitrogen and oxygen atoms in total. The quantitative estimate of drug-likeness (QED) is 0.174. The third-order valence-electron chi connectivity index (χ3n) is 13.0. The fourth-order valence-electron chi connectivity index (χ4n) is 10.6. The van der Waals surface area contributed by atoms with Gasteiger partial charge in [-0.1, -0.05) is 146 Å². The summed E-state index contributed by atoms with van der Waals surface area (Å²) in [4.78, 5) is 0. The van der Waals surface area contributed by atoms with Gasteiger partial charge in [0.25, 0.3) is 0 Å². The van der Waals surface area contributed by atoms with Crippen molar-refractivity contribution in [2.45, 2.75) is 6.18 Å². The van der Waals surface area contributed by atoms with Crippen molar-refractivity contribution < 1.29 is 13.2 Å². The molecule has 0 saturated carbocycles. The van der Waals surface area contributed by atoms with E-state index in [0.717, 1.165) is 65.2 Å². The van der Waals surface area contributed by atoms with Crippen molar-refractivity contribution in [1.82, 2.24) is 18.3 Å². The van der Waals surface area contributed by atoms with E-state index in [2.05, 4.69) is 22.8 Å². The van der Waals surface area contributed by atoms with Gasteiger partial charge in [0.2, 0.25) is 0 Å². The molecule has 302 valence electrons. The maximum atomic E-state index is 17.2. The summed E-state index contributed by atoms with van der Waals surface area (Å²) < 4.78 is 59.3. The summed E-state index contributed by atoms with van der Waals surface area (Å²) >= 11 is 0. The van der Waals surface area contributed by atoms with Crippen molar-refractivity contribution in [1.29, 1.82) is 5.26 Å². The van der Waals surface area contributed by atoms with Crippen LogP contribution in [0.2, 0.25) is 0 Å². The Morgan fingerprint density at radius 3 is 0.734 bits per heavy atom. The number of fused-ring (bicyclic) bond motifs is 12. The van der Waals surface area contributed by atoms with Crippen molar-refractivity contribution in [3.63, 3.8) is 0 Å². The number of rotatable bonds is 4. The Morgan fingerprint density at radius 1 is 0.297 bits per heavy atom. The van der Waals surface area contributed by atoms with Crippen molar-refractivity contribution in [3.05, 3.63) is 205 Å². The molecule has 8 heteroatoms. The molecule has 4 heterocycles. The van der Waals surface area contributed by atoms with Gasteiger partial charge in [0.1, 0.15) is 11.6 Å². The molecule has 13 aromatic rings. The van der Waals surface area contributed by atoms with Gasteiger partial charge in [0.05, 0.1) is 72.4 Å². The number of hydrogen-bond acceptors (Lipinski definition) is 1. The fourth-order valence-corrected chi connectivity index (χ4v) is 10.6. The number of hydrogen-bond donors (Lipinski definition) is 0. The van der Waals surface area contributed by atoms with E-state index in [-0.39, 0.29) is 17.1 Å². The molecular formula is C56H32F3N5. The van der Waals surface area contributed by atoms with E-state index >= 15 is 13.2 Å². The zero-order valence-corrected chi connectivity index (χ0v) is 33.8. The molecule has 9 aromatic carbocycles. The van der Waals surface area contributed by atoms with Gasteiger partial charge in [-0.15, -0.1) is 0 Å². The SMILES string of the molecule is N#Cc1c(-n2c3ccccc3c3ccccc32)c(-n2c3ccccc3c3ccccc32)c(-n2c3ccccc3c3ccccc32)c(-n2c3ccccc3c3ccccc32)c1C(F)(F)F. The van der Waals surface area contributed by atoms with E-state index in [1.807, 2.05) is 191 Å². The molecule has 64 heavy (non-hydrogen) atoms. The van der Waals surface area contributed by atoms with Crippen molar-refractivity contribution >= 4 is 87.2 Å². The first-order valence-electron chi connectivity index (χ1n) is 21.1. The Balaban J connectivity index is 1.43. The van der Waals surface area contributed by atoms with E-state index in [4.69, 9.17) is 0 Å². The van der Waals surface area contributed by atoms with Crippen LogP contribution in [0, 0.1) is 11.3 Å². The normalized spacial score (nSPS) is 12.3. The largest absolute Gasteiger partial charge is 0.419 e. The second-order valence-corrected chi connectivity index (χ2v) is 16.2. The maximum Gasteiger partial charge on any atom is 0.419 e. The second kappa shape index (κ2) is 13.2. The van der Waals surface area contributed by atoms with Crippen LogP contribution in [0.15, 0.2) is 194 Å². The standard InChI is InChI=1S/C56H32F3N5/c57-56(58,59)51-42(33-60)52(61-43-25-9-1-17-34(43)35-18-2-10-26-44(35)61)54(63-47-29-13-5-21-38(47)39-22-6-14-30-48(39)63)55(64-49-31-15-7-23-40(49)41-24-8-16-32-50(41)64)53(51)62-45-27-11-3-19-36(45)37-20-4-12-28-46(37)62/h1-32H. The molecule has 0 N–H and O–H groups in total. The van der Waals surface area contributed by atoms with Crippen molar-refractivity contribution in [3.8, 4) is 28.8 Å². The number of halogens is 3. The molecule has 0 amide bonds. The highest BCUT2D eigenvalue weighted by Gasteiger charge is 2.44. The Bertz CT molecular complexity index is 3940. The average Bonchev–Trinajstić information content (AvgIpc) is 4.06. The summed E-state index contributed by atoms with van der Waals surface area (Å²) in [6, 6.07) is 64.8. The van der Waals surface area contributed by atoms with Gasteiger partial charge in [0.15, 0.2) is 0 Å². The van der Waals surface area contributed by atoms with Gasteiger partial charge >= 0.3 is 6.18 Å². The Kier molecular flexibility index (Phi) is 7.47. The number of para-hydroxylation sites is 8. The molecular weight excluding hydrogens is 800 g/mol. The van der Waals surface area contributed by atoms with Crippen LogP contribution >= 0.6 is 0 Å². The maximum absolute atomic E-state index is 17.2. The number of benzene rings is 9. The Hall–Kier alpha value is -8.54. The molecule has 0 aliphatic rings. The monoisotopic (exact) mass is 831 g/mol. The predicted molar refractivity (Wildman–Crippen MR) is 254 cm³/mol. The number of nitriles is 1. The van der Waals surface area contributed by atoms with Gasteiger partial charge in [-0.2, -0.15) is 18.4 Å². The predicted octanol–water partition coefficient (Wildman–Crippen LogP) is 15.0. The Labute approximate surface area is 362 Å². The lowest BCUT2D eigenvalue weighted by molar-refractivity contribution is -0.137. The molecule has 0 fully saturated rings. The van der Waals surface area contributed by atoms with Crippen LogP contribution in [-0.2, 0) is 6.18 Å². The third-order valence-corrected chi connectivity index (χ3v) is 13.0. The van der Waals surface area contributed by atoms with Gasteiger partial charge < -0.3 is 18.3 Å². The van der Waals surface area contributed by atoms with Gasteiger partial charge in [-0.3, -0.25) is 0 Å². The van der Waals surface area contributed by atoms with Crippen LogP contribution in [0.5, 0.6) is 0 Å². The highest BCUT2D eigenvalue weighted by atomic mass is 19.4. The topological polar surface area (TPSA) is 43.5 Å². The summed E-state index contributed by atoms with van der Waals surface area (Å²) in [5.74, 6) is 0.